The number of sulfone groups is 1. The lowest BCUT2D eigenvalue weighted by Crippen LogP contribution is -2.50. The lowest BCUT2D eigenvalue weighted by atomic mass is 9.93. The smallest absolute Gasteiger partial charge is 0.226 e. The fourth-order valence-corrected chi connectivity index (χ4v) is 7.91. The highest BCUT2D eigenvalue weighted by atomic mass is 32.2. The van der Waals surface area contributed by atoms with Crippen LogP contribution in [0.1, 0.15) is 66.8 Å². The van der Waals surface area contributed by atoms with Crippen LogP contribution < -0.4 is 0 Å². The summed E-state index contributed by atoms with van der Waals surface area (Å²) in [4.78, 5) is -5.87. The zero-order valence-electron chi connectivity index (χ0n) is 25.5. The van der Waals surface area contributed by atoms with Gasteiger partial charge in [-0.3, -0.25) is 0 Å². The Hall–Kier alpha value is -4.05. The molecular formula is C34H38O8S. The second kappa shape index (κ2) is 10.6. The monoisotopic (exact) mass is 606 g/mol. The van der Waals surface area contributed by atoms with Crippen molar-refractivity contribution in [2.24, 2.45) is 0 Å². The number of benzene rings is 4. The predicted octanol–water partition coefficient (Wildman–Crippen LogP) is 5.48. The van der Waals surface area contributed by atoms with Crippen LogP contribution in [-0.2, 0) is 19.7 Å². The second-order valence-electron chi connectivity index (χ2n) is 11.6. The molecule has 0 spiro atoms. The number of phenols is 4. The molecule has 0 bridgehead atoms. The maximum Gasteiger partial charge on any atom is 0.226 e. The van der Waals surface area contributed by atoms with E-state index in [0.29, 0.717) is 44.5 Å². The Kier molecular flexibility index (Phi) is 7.85. The minimum absolute atomic E-state index is 0.0774. The van der Waals surface area contributed by atoms with Crippen molar-refractivity contribution < 1.29 is 39.1 Å². The molecule has 0 atom stereocenters. The second-order valence-corrected chi connectivity index (χ2v) is 13.8. The van der Waals surface area contributed by atoms with Crippen LogP contribution in [0.5, 0.6) is 23.0 Å². The maximum atomic E-state index is 15.4. The van der Waals surface area contributed by atoms with Crippen LogP contribution in [-0.4, -0.2) is 39.1 Å². The van der Waals surface area contributed by atoms with Gasteiger partial charge in [-0.2, -0.15) is 0 Å². The van der Waals surface area contributed by atoms with E-state index in [0.717, 1.165) is 0 Å². The molecule has 4 rings (SSSR count). The zero-order valence-corrected chi connectivity index (χ0v) is 26.3. The summed E-state index contributed by atoms with van der Waals surface area (Å²) < 4.78 is 30.7. The van der Waals surface area contributed by atoms with E-state index in [1.807, 2.05) is 0 Å². The standard InChI is InChI=1S/C34H38O8S/c1-17-9-25(10-18(2)29(17)35)33(39,26-11-19(3)30(36)20(4)12-26)43(41,42)34(40,27-13-21(5)31(37)22(6)14-27)28-15-23(7)32(38)24(8)16-28/h9-16,35-40H,1-8H3. The molecule has 0 saturated carbocycles. The first-order valence-corrected chi connectivity index (χ1v) is 15.2. The number of rotatable bonds is 6. The lowest BCUT2D eigenvalue weighted by molar-refractivity contribution is 0.122. The molecule has 9 heteroatoms. The normalized spacial score (nSPS) is 12.5. The van der Waals surface area contributed by atoms with Gasteiger partial charge in [0.25, 0.3) is 0 Å². The minimum Gasteiger partial charge on any atom is -0.507 e. The van der Waals surface area contributed by atoms with E-state index in [9.17, 15) is 30.6 Å². The molecule has 0 heterocycles. The SMILES string of the molecule is Cc1cc(C(O)(c2cc(C)c(O)c(C)c2)S(=O)(=O)C(O)(c2cc(C)c(O)c(C)c2)c2cc(C)c(O)c(C)c2)cc(C)c1O. The van der Waals surface area contributed by atoms with Gasteiger partial charge in [0.1, 0.15) is 23.0 Å². The van der Waals surface area contributed by atoms with E-state index in [2.05, 4.69) is 0 Å². The van der Waals surface area contributed by atoms with Crippen LogP contribution in [0.15, 0.2) is 48.5 Å². The summed E-state index contributed by atoms with van der Waals surface area (Å²) in [6.45, 7) is 12.5. The summed E-state index contributed by atoms with van der Waals surface area (Å²) in [5.41, 5.74) is 1.84. The van der Waals surface area contributed by atoms with Gasteiger partial charge in [0.2, 0.25) is 19.7 Å². The topological polar surface area (TPSA) is 156 Å². The Balaban J connectivity index is 2.26. The minimum atomic E-state index is -5.28. The number of phenolic OH excluding ortho intramolecular Hbond substituents is 4. The van der Waals surface area contributed by atoms with Gasteiger partial charge in [0, 0.05) is 22.3 Å². The van der Waals surface area contributed by atoms with Crippen LogP contribution >= 0.6 is 0 Å². The van der Waals surface area contributed by atoms with Crippen molar-refractivity contribution in [1.82, 2.24) is 0 Å². The summed E-state index contributed by atoms with van der Waals surface area (Å²) >= 11 is 0. The van der Waals surface area contributed by atoms with E-state index in [1.165, 1.54) is 48.5 Å². The first kappa shape index (κ1) is 31.9. The van der Waals surface area contributed by atoms with Crippen molar-refractivity contribution in [1.29, 1.82) is 0 Å². The van der Waals surface area contributed by atoms with Gasteiger partial charge in [-0.15, -0.1) is 0 Å². The largest absolute Gasteiger partial charge is 0.507 e. The Labute approximate surface area is 252 Å². The van der Waals surface area contributed by atoms with Crippen LogP contribution in [0.4, 0.5) is 0 Å². The molecule has 43 heavy (non-hydrogen) atoms. The van der Waals surface area contributed by atoms with Crippen molar-refractivity contribution in [3.05, 3.63) is 115 Å². The van der Waals surface area contributed by atoms with E-state index in [4.69, 9.17) is 0 Å². The van der Waals surface area contributed by atoms with E-state index in [1.54, 1.807) is 55.4 Å². The van der Waals surface area contributed by atoms with Gasteiger partial charge in [0.05, 0.1) is 0 Å². The lowest BCUT2D eigenvalue weighted by Gasteiger charge is -2.39. The average Bonchev–Trinajstić information content (AvgIpc) is 2.93. The molecule has 4 aromatic carbocycles. The van der Waals surface area contributed by atoms with Gasteiger partial charge >= 0.3 is 0 Å². The fourth-order valence-electron chi connectivity index (χ4n) is 5.77. The first-order chi connectivity index (χ1) is 19.8. The molecule has 8 nitrogen and oxygen atoms in total. The van der Waals surface area contributed by atoms with Crippen LogP contribution in [0.3, 0.4) is 0 Å². The Morgan fingerprint density at radius 2 is 0.535 bits per heavy atom. The number of aromatic hydroxyl groups is 4. The molecule has 0 aliphatic heterocycles. The molecule has 0 unspecified atom stereocenters. The molecule has 228 valence electrons. The molecule has 6 N–H and O–H groups in total. The van der Waals surface area contributed by atoms with Crippen LogP contribution in [0, 0.1) is 55.4 Å². The van der Waals surface area contributed by atoms with Crippen molar-refractivity contribution in [2.45, 2.75) is 65.3 Å². The Bertz CT molecular complexity index is 1550. The summed E-state index contributed by atoms with van der Waals surface area (Å²) in [7, 11) is -5.28. The average molecular weight is 607 g/mol. The molecule has 0 amide bonds. The number of aliphatic hydroxyl groups is 2. The highest BCUT2D eigenvalue weighted by Gasteiger charge is 2.59. The molecule has 0 fully saturated rings. The van der Waals surface area contributed by atoms with Crippen molar-refractivity contribution in [2.75, 3.05) is 0 Å². The van der Waals surface area contributed by atoms with Gasteiger partial charge < -0.3 is 30.6 Å². The Morgan fingerprint density at radius 1 is 0.395 bits per heavy atom. The van der Waals surface area contributed by atoms with Crippen LogP contribution in [0.25, 0.3) is 0 Å². The molecular weight excluding hydrogens is 568 g/mol. The van der Waals surface area contributed by atoms with Gasteiger partial charge in [0.15, 0.2) is 0 Å². The number of hydrogen-bond donors (Lipinski definition) is 6. The molecule has 0 aromatic heterocycles. The summed E-state index contributed by atoms with van der Waals surface area (Å²) in [5.74, 6) is -0.310. The van der Waals surface area contributed by atoms with Crippen molar-refractivity contribution >= 4 is 9.84 Å². The number of hydrogen-bond acceptors (Lipinski definition) is 8. The highest BCUT2D eigenvalue weighted by Crippen LogP contribution is 2.51. The maximum absolute atomic E-state index is 15.4. The molecule has 0 aliphatic rings. The zero-order chi connectivity index (χ0) is 32.4. The molecule has 0 aliphatic carbocycles. The predicted molar refractivity (Wildman–Crippen MR) is 165 cm³/mol. The third kappa shape index (κ3) is 4.72. The summed E-state index contributed by atoms with van der Waals surface area (Å²) in [6.07, 6.45) is 0. The van der Waals surface area contributed by atoms with E-state index in [-0.39, 0.29) is 45.3 Å². The molecule has 4 aromatic rings. The van der Waals surface area contributed by atoms with E-state index >= 15 is 8.42 Å². The van der Waals surface area contributed by atoms with Crippen LogP contribution in [0.2, 0.25) is 0 Å². The quantitative estimate of drug-likeness (QED) is 0.169. The van der Waals surface area contributed by atoms with Gasteiger partial charge in [-0.25, -0.2) is 8.42 Å². The third-order valence-electron chi connectivity index (χ3n) is 8.31. The number of aryl methyl sites for hydroxylation is 8. The van der Waals surface area contributed by atoms with Crippen molar-refractivity contribution in [3.8, 4) is 23.0 Å². The fraction of sp³-hybridized carbons (Fsp3) is 0.294. The highest BCUT2D eigenvalue weighted by molar-refractivity contribution is 7.93. The Morgan fingerprint density at radius 3 is 0.674 bits per heavy atom. The van der Waals surface area contributed by atoms with Gasteiger partial charge in [-0.1, -0.05) is 0 Å². The van der Waals surface area contributed by atoms with E-state index < -0.39 is 19.7 Å². The summed E-state index contributed by atoms with van der Waals surface area (Å²) in [6, 6.07) is 10.8. The first-order valence-electron chi connectivity index (χ1n) is 13.7. The van der Waals surface area contributed by atoms with Crippen molar-refractivity contribution in [3.63, 3.8) is 0 Å². The third-order valence-corrected chi connectivity index (χ3v) is 10.8. The summed E-state index contributed by atoms with van der Waals surface area (Å²) in [5, 5.41) is 67.7. The van der Waals surface area contributed by atoms with Gasteiger partial charge in [-0.05, 0) is 148 Å². The molecule has 0 radical (unpaired) electrons. The molecule has 0 saturated heterocycles.